The summed E-state index contributed by atoms with van der Waals surface area (Å²) in [6, 6.07) is 7.00. The van der Waals surface area contributed by atoms with Crippen molar-refractivity contribution in [1.29, 1.82) is 0 Å². The number of hydrogen-bond acceptors (Lipinski definition) is 3. The van der Waals surface area contributed by atoms with E-state index < -0.39 is 0 Å². The minimum Gasteiger partial charge on any atom is -0.380 e. The Kier molecular flexibility index (Phi) is 2.35. The first-order chi connectivity index (χ1) is 7.43. The molecular formula is C12H16N2O. The third-order valence-electron chi connectivity index (χ3n) is 3.18. The molecule has 0 radical (unpaired) electrons. The van der Waals surface area contributed by atoms with Gasteiger partial charge in [0.15, 0.2) is 0 Å². The maximum atomic E-state index is 5.37. The van der Waals surface area contributed by atoms with Crippen molar-refractivity contribution in [1.82, 2.24) is 5.32 Å². The van der Waals surface area contributed by atoms with Gasteiger partial charge in [0.25, 0.3) is 0 Å². The van der Waals surface area contributed by atoms with Crippen LogP contribution in [0.5, 0.6) is 0 Å². The fourth-order valence-corrected chi connectivity index (χ4v) is 2.33. The van der Waals surface area contributed by atoms with Crippen LogP contribution in [-0.4, -0.2) is 19.3 Å². The van der Waals surface area contributed by atoms with Crippen molar-refractivity contribution in [2.24, 2.45) is 0 Å². The van der Waals surface area contributed by atoms with Crippen molar-refractivity contribution in [2.75, 3.05) is 18.5 Å². The predicted molar refractivity (Wildman–Crippen MR) is 59.8 cm³/mol. The summed E-state index contributed by atoms with van der Waals surface area (Å²) in [6.07, 6.45) is 1.12. The van der Waals surface area contributed by atoms with Crippen LogP contribution in [0.25, 0.3) is 0 Å². The summed E-state index contributed by atoms with van der Waals surface area (Å²) in [4.78, 5) is 0. The van der Waals surface area contributed by atoms with Crippen LogP contribution >= 0.6 is 0 Å². The fraction of sp³-hybridized carbons (Fsp3) is 0.500. The van der Waals surface area contributed by atoms with E-state index in [1.807, 2.05) is 0 Å². The van der Waals surface area contributed by atoms with E-state index in [2.05, 4.69) is 28.8 Å². The first-order valence-corrected chi connectivity index (χ1v) is 5.59. The number of benzene rings is 1. The quantitative estimate of drug-likeness (QED) is 0.765. The molecule has 2 aliphatic rings. The van der Waals surface area contributed by atoms with Gasteiger partial charge in [0, 0.05) is 25.4 Å². The Morgan fingerprint density at radius 1 is 1.33 bits per heavy atom. The molecule has 1 aromatic carbocycles. The molecule has 0 saturated carbocycles. The Morgan fingerprint density at radius 2 is 2.33 bits per heavy atom. The topological polar surface area (TPSA) is 33.3 Å². The summed E-state index contributed by atoms with van der Waals surface area (Å²) < 4.78 is 5.37. The average Bonchev–Trinajstić information content (AvgIpc) is 2.87. The Bertz CT molecular complexity index is 359. The molecule has 3 heteroatoms. The van der Waals surface area contributed by atoms with Gasteiger partial charge in [-0.05, 0) is 23.6 Å². The Morgan fingerprint density at radius 3 is 3.20 bits per heavy atom. The molecule has 1 atom stereocenters. The molecule has 15 heavy (non-hydrogen) atoms. The summed E-state index contributed by atoms with van der Waals surface area (Å²) in [5.41, 5.74) is 4.15. The Balaban J connectivity index is 1.82. The second-order valence-electron chi connectivity index (χ2n) is 4.25. The van der Waals surface area contributed by atoms with E-state index >= 15 is 0 Å². The van der Waals surface area contributed by atoms with Gasteiger partial charge in [-0.25, -0.2) is 0 Å². The molecular weight excluding hydrogens is 188 g/mol. The van der Waals surface area contributed by atoms with Gasteiger partial charge in [-0.1, -0.05) is 12.1 Å². The molecule has 0 aromatic heterocycles. The van der Waals surface area contributed by atoms with Crippen LogP contribution in [-0.2, 0) is 17.8 Å². The molecule has 2 N–H and O–H groups in total. The standard InChI is InChI=1S/C12H16N2O/c1-2-9-6-13-7-11(9)12(3-1)14-10-4-5-15-8-10/h1-3,10,13-14H,4-8H2/t10-/m1/s1. The van der Waals surface area contributed by atoms with E-state index in [4.69, 9.17) is 4.74 Å². The molecule has 2 aliphatic heterocycles. The number of fused-ring (bicyclic) bond motifs is 1. The average molecular weight is 204 g/mol. The monoisotopic (exact) mass is 204 g/mol. The molecule has 0 unspecified atom stereocenters. The van der Waals surface area contributed by atoms with E-state index in [1.54, 1.807) is 0 Å². The van der Waals surface area contributed by atoms with Crippen molar-refractivity contribution < 1.29 is 4.74 Å². The first-order valence-electron chi connectivity index (χ1n) is 5.59. The van der Waals surface area contributed by atoms with Crippen LogP contribution in [0.2, 0.25) is 0 Å². The van der Waals surface area contributed by atoms with Gasteiger partial charge in [-0.15, -0.1) is 0 Å². The summed E-state index contributed by atoms with van der Waals surface area (Å²) in [7, 11) is 0. The van der Waals surface area contributed by atoms with Gasteiger partial charge in [-0.2, -0.15) is 0 Å². The zero-order valence-electron chi connectivity index (χ0n) is 8.75. The van der Waals surface area contributed by atoms with Gasteiger partial charge < -0.3 is 15.4 Å². The summed E-state index contributed by atoms with van der Waals surface area (Å²) >= 11 is 0. The SMILES string of the molecule is c1cc2c(c(N[C@@H]3CCOC3)c1)CNC2. The summed E-state index contributed by atoms with van der Waals surface area (Å²) in [5.74, 6) is 0. The smallest absolute Gasteiger partial charge is 0.0668 e. The minimum absolute atomic E-state index is 0.497. The van der Waals surface area contributed by atoms with E-state index in [1.165, 1.54) is 16.8 Å². The molecule has 80 valence electrons. The van der Waals surface area contributed by atoms with E-state index in [9.17, 15) is 0 Å². The maximum absolute atomic E-state index is 5.37. The van der Waals surface area contributed by atoms with Crippen molar-refractivity contribution >= 4 is 5.69 Å². The third kappa shape index (κ3) is 1.73. The van der Waals surface area contributed by atoms with Crippen LogP contribution in [0.1, 0.15) is 17.5 Å². The van der Waals surface area contributed by atoms with Crippen LogP contribution < -0.4 is 10.6 Å². The summed E-state index contributed by atoms with van der Waals surface area (Å²) in [5, 5.41) is 6.96. The number of hydrogen-bond donors (Lipinski definition) is 2. The molecule has 1 saturated heterocycles. The molecule has 1 fully saturated rings. The molecule has 0 amide bonds. The van der Waals surface area contributed by atoms with Crippen molar-refractivity contribution in [3.05, 3.63) is 29.3 Å². The van der Waals surface area contributed by atoms with Gasteiger partial charge in [-0.3, -0.25) is 0 Å². The van der Waals surface area contributed by atoms with Crippen molar-refractivity contribution in [3.63, 3.8) is 0 Å². The molecule has 0 bridgehead atoms. The lowest BCUT2D eigenvalue weighted by Crippen LogP contribution is -2.19. The van der Waals surface area contributed by atoms with Gasteiger partial charge in [0.1, 0.15) is 0 Å². The number of ether oxygens (including phenoxy) is 1. The largest absolute Gasteiger partial charge is 0.380 e. The van der Waals surface area contributed by atoms with E-state index in [0.29, 0.717) is 6.04 Å². The highest BCUT2D eigenvalue weighted by atomic mass is 16.5. The molecule has 0 spiro atoms. The second kappa shape index (κ2) is 3.83. The Labute approximate surface area is 89.8 Å². The highest BCUT2D eigenvalue weighted by Gasteiger charge is 2.19. The van der Waals surface area contributed by atoms with Gasteiger partial charge in [0.2, 0.25) is 0 Å². The molecule has 3 rings (SSSR count). The van der Waals surface area contributed by atoms with Crippen LogP contribution in [0, 0.1) is 0 Å². The highest BCUT2D eigenvalue weighted by Crippen LogP contribution is 2.25. The maximum Gasteiger partial charge on any atom is 0.0668 e. The normalized spacial score (nSPS) is 24.1. The third-order valence-corrected chi connectivity index (χ3v) is 3.18. The van der Waals surface area contributed by atoms with Gasteiger partial charge in [0.05, 0.1) is 12.6 Å². The highest BCUT2D eigenvalue weighted by molar-refractivity contribution is 5.56. The zero-order valence-corrected chi connectivity index (χ0v) is 8.75. The lowest BCUT2D eigenvalue weighted by Gasteiger charge is -2.15. The Hall–Kier alpha value is -1.06. The van der Waals surface area contributed by atoms with Crippen molar-refractivity contribution in [2.45, 2.75) is 25.6 Å². The lowest BCUT2D eigenvalue weighted by molar-refractivity contribution is 0.195. The van der Waals surface area contributed by atoms with Crippen LogP contribution in [0.15, 0.2) is 18.2 Å². The van der Waals surface area contributed by atoms with Crippen molar-refractivity contribution in [3.8, 4) is 0 Å². The number of rotatable bonds is 2. The first kappa shape index (κ1) is 9.19. The molecule has 2 heterocycles. The fourth-order valence-electron chi connectivity index (χ4n) is 2.33. The minimum atomic E-state index is 0.497. The zero-order chi connectivity index (χ0) is 10.1. The second-order valence-corrected chi connectivity index (χ2v) is 4.25. The van der Waals surface area contributed by atoms with E-state index in [-0.39, 0.29) is 0 Å². The van der Waals surface area contributed by atoms with Crippen LogP contribution in [0.3, 0.4) is 0 Å². The van der Waals surface area contributed by atoms with E-state index in [0.717, 1.165) is 32.7 Å². The molecule has 1 aromatic rings. The van der Waals surface area contributed by atoms with Crippen LogP contribution in [0.4, 0.5) is 5.69 Å². The predicted octanol–water partition coefficient (Wildman–Crippen LogP) is 1.49. The number of nitrogens with one attached hydrogen (secondary N) is 2. The molecule has 3 nitrogen and oxygen atoms in total. The van der Waals surface area contributed by atoms with Gasteiger partial charge >= 0.3 is 0 Å². The lowest BCUT2D eigenvalue weighted by atomic mass is 10.1. The molecule has 0 aliphatic carbocycles. The summed E-state index contributed by atoms with van der Waals surface area (Å²) in [6.45, 7) is 3.74. The number of anilines is 1.